The number of ether oxygens (including phenoxy) is 1. The largest absolute Gasteiger partial charge is 0.493 e. The van der Waals surface area contributed by atoms with Crippen molar-refractivity contribution in [2.45, 2.75) is 32.2 Å². The first-order valence-corrected chi connectivity index (χ1v) is 8.48. The lowest BCUT2D eigenvalue weighted by atomic mass is 9.99. The van der Waals surface area contributed by atoms with E-state index in [2.05, 4.69) is 54.5 Å². The highest BCUT2D eigenvalue weighted by atomic mass is 16.5. The number of fused-ring (bicyclic) bond motifs is 1. The highest BCUT2D eigenvalue weighted by Gasteiger charge is 2.21. The van der Waals surface area contributed by atoms with Crippen LogP contribution in [0.1, 0.15) is 42.0 Å². The molecule has 2 aromatic carbocycles. The lowest BCUT2D eigenvalue weighted by molar-refractivity contribution is 0.262. The van der Waals surface area contributed by atoms with E-state index in [9.17, 15) is 0 Å². The standard InChI is InChI=1S/C20H25N3O/c1-14-6-5-7-16(12-14)15(2)13-22-20(21)23-18-10-11-24-19-9-4-3-8-17(18)19/h3-9,12,15,18H,10-11,13H2,1-2H3,(H3,21,22,23). The molecule has 0 saturated carbocycles. The van der Waals surface area contributed by atoms with Gasteiger partial charge in [-0.1, -0.05) is 55.0 Å². The van der Waals surface area contributed by atoms with E-state index in [4.69, 9.17) is 10.5 Å². The molecule has 0 saturated heterocycles. The maximum Gasteiger partial charge on any atom is 0.189 e. The third-order valence-electron chi connectivity index (χ3n) is 4.43. The normalized spacial score (nSPS) is 18.4. The average molecular weight is 323 g/mol. The minimum absolute atomic E-state index is 0.160. The van der Waals surface area contributed by atoms with Crippen molar-refractivity contribution in [1.29, 1.82) is 0 Å². The van der Waals surface area contributed by atoms with Gasteiger partial charge in [0, 0.05) is 24.4 Å². The van der Waals surface area contributed by atoms with E-state index in [1.807, 2.05) is 18.2 Å². The first-order chi connectivity index (χ1) is 11.6. The highest BCUT2D eigenvalue weighted by Crippen LogP contribution is 2.31. The molecule has 1 aliphatic heterocycles. The molecule has 0 aromatic heterocycles. The van der Waals surface area contributed by atoms with Crippen LogP contribution in [0.3, 0.4) is 0 Å². The molecule has 4 nitrogen and oxygen atoms in total. The van der Waals surface area contributed by atoms with E-state index in [1.54, 1.807) is 0 Å². The molecule has 0 amide bonds. The number of nitrogens with zero attached hydrogens (tertiary/aromatic N) is 1. The highest BCUT2D eigenvalue weighted by molar-refractivity contribution is 5.78. The average Bonchev–Trinajstić information content (AvgIpc) is 2.60. The molecule has 0 spiro atoms. The summed E-state index contributed by atoms with van der Waals surface area (Å²) in [6.07, 6.45) is 0.890. The molecule has 1 aliphatic rings. The van der Waals surface area contributed by atoms with E-state index in [1.165, 1.54) is 11.1 Å². The van der Waals surface area contributed by atoms with Crippen molar-refractivity contribution in [2.75, 3.05) is 13.2 Å². The monoisotopic (exact) mass is 323 g/mol. The molecule has 24 heavy (non-hydrogen) atoms. The molecule has 3 N–H and O–H groups in total. The molecule has 1 heterocycles. The zero-order valence-corrected chi connectivity index (χ0v) is 14.3. The Morgan fingerprint density at radius 2 is 2.12 bits per heavy atom. The number of nitrogens with two attached hydrogens (primary N) is 1. The third kappa shape index (κ3) is 3.88. The summed E-state index contributed by atoms with van der Waals surface area (Å²) in [5, 5.41) is 3.34. The van der Waals surface area contributed by atoms with Gasteiger partial charge in [0.05, 0.1) is 12.6 Å². The summed E-state index contributed by atoms with van der Waals surface area (Å²) in [4.78, 5) is 4.54. The molecule has 0 aliphatic carbocycles. The van der Waals surface area contributed by atoms with Gasteiger partial charge >= 0.3 is 0 Å². The minimum Gasteiger partial charge on any atom is -0.493 e. The molecule has 2 unspecified atom stereocenters. The van der Waals surface area contributed by atoms with Crippen LogP contribution in [0.25, 0.3) is 0 Å². The predicted molar refractivity (Wildman–Crippen MR) is 98.5 cm³/mol. The van der Waals surface area contributed by atoms with Gasteiger partial charge in [-0.2, -0.15) is 0 Å². The van der Waals surface area contributed by atoms with Crippen LogP contribution in [0, 0.1) is 6.92 Å². The number of aliphatic imine (C=N–C) groups is 1. The van der Waals surface area contributed by atoms with Crippen molar-refractivity contribution in [1.82, 2.24) is 5.32 Å². The summed E-state index contributed by atoms with van der Waals surface area (Å²) in [6, 6.07) is 16.8. The van der Waals surface area contributed by atoms with Crippen LogP contribution >= 0.6 is 0 Å². The summed E-state index contributed by atoms with van der Waals surface area (Å²) < 4.78 is 5.68. The van der Waals surface area contributed by atoms with Crippen LogP contribution in [0.5, 0.6) is 5.75 Å². The van der Waals surface area contributed by atoms with Crippen molar-refractivity contribution < 1.29 is 4.74 Å². The summed E-state index contributed by atoms with van der Waals surface area (Å²) in [7, 11) is 0. The minimum atomic E-state index is 0.160. The SMILES string of the molecule is Cc1cccc(C(C)CN=C(N)NC2CCOc3ccccc32)c1. The zero-order valence-electron chi connectivity index (χ0n) is 14.3. The Labute approximate surface area is 143 Å². The summed E-state index contributed by atoms with van der Waals surface area (Å²) in [5.41, 5.74) is 9.83. The van der Waals surface area contributed by atoms with E-state index >= 15 is 0 Å². The second-order valence-corrected chi connectivity index (χ2v) is 6.41. The summed E-state index contributed by atoms with van der Waals surface area (Å²) in [5.74, 6) is 1.77. The molecule has 4 heteroatoms. The number of aryl methyl sites for hydroxylation is 1. The van der Waals surface area contributed by atoms with Gasteiger partial charge in [0.2, 0.25) is 0 Å². The number of nitrogens with one attached hydrogen (secondary N) is 1. The van der Waals surface area contributed by atoms with E-state index in [0.717, 1.165) is 17.7 Å². The van der Waals surface area contributed by atoms with Gasteiger partial charge in [-0.05, 0) is 18.6 Å². The van der Waals surface area contributed by atoms with Gasteiger partial charge in [-0.15, -0.1) is 0 Å². The van der Waals surface area contributed by atoms with E-state index < -0.39 is 0 Å². The molecule has 0 radical (unpaired) electrons. The van der Waals surface area contributed by atoms with Crippen LogP contribution < -0.4 is 15.8 Å². The molecular weight excluding hydrogens is 298 g/mol. The Kier molecular flexibility index (Phi) is 5.04. The molecule has 0 fully saturated rings. The fourth-order valence-electron chi connectivity index (χ4n) is 3.03. The van der Waals surface area contributed by atoms with Crippen LogP contribution in [0.15, 0.2) is 53.5 Å². The van der Waals surface area contributed by atoms with Crippen LogP contribution in [0.2, 0.25) is 0 Å². The number of guanidine groups is 1. The van der Waals surface area contributed by atoms with E-state index in [-0.39, 0.29) is 6.04 Å². The van der Waals surface area contributed by atoms with Crippen LogP contribution in [-0.4, -0.2) is 19.1 Å². The Morgan fingerprint density at radius 1 is 1.29 bits per heavy atom. The lowest BCUT2D eigenvalue weighted by Gasteiger charge is -2.27. The maximum absolute atomic E-state index is 6.12. The fraction of sp³-hybridized carbons (Fsp3) is 0.350. The molecule has 3 rings (SSSR count). The number of benzene rings is 2. The molecular formula is C20H25N3O. The van der Waals surface area contributed by atoms with Crippen molar-refractivity contribution in [2.24, 2.45) is 10.7 Å². The van der Waals surface area contributed by atoms with E-state index in [0.29, 0.717) is 25.0 Å². The first kappa shape index (κ1) is 16.4. The van der Waals surface area contributed by atoms with Gasteiger partial charge in [0.25, 0.3) is 0 Å². The second kappa shape index (κ2) is 7.39. The number of hydrogen-bond donors (Lipinski definition) is 2. The Bertz CT molecular complexity index is 726. The molecule has 2 aromatic rings. The molecule has 0 bridgehead atoms. The topological polar surface area (TPSA) is 59.6 Å². The first-order valence-electron chi connectivity index (χ1n) is 8.48. The summed E-state index contributed by atoms with van der Waals surface area (Å²) >= 11 is 0. The van der Waals surface area contributed by atoms with Gasteiger partial charge in [-0.3, -0.25) is 4.99 Å². The second-order valence-electron chi connectivity index (χ2n) is 6.41. The lowest BCUT2D eigenvalue weighted by Crippen LogP contribution is -2.37. The smallest absolute Gasteiger partial charge is 0.189 e. The molecule has 126 valence electrons. The fourth-order valence-corrected chi connectivity index (χ4v) is 3.03. The number of rotatable bonds is 4. The Morgan fingerprint density at radius 3 is 2.96 bits per heavy atom. The Hall–Kier alpha value is -2.49. The van der Waals surface area contributed by atoms with Gasteiger partial charge in [0.15, 0.2) is 5.96 Å². The predicted octanol–water partition coefficient (Wildman–Crippen LogP) is 3.53. The molecule has 2 atom stereocenters. The number of hydrogen-bond acceptors (Lipinski definition) is 2. The van der Waals surface area contributed by atoms with Crippen molar-refractivity contribution in [3.8, 4) is 5.75 Å². The van der Waals surface area contributed by atoms with Gasteiger partial charge in [0.1, 0.15) is 5.75 Å². The zero-order chi connectivity index (χ0) is 16.9. The third-order valence-corrected chi connectivity index (χ3v) is 4.43. The van der Waals surface area contributed by atoms with Crippen molar-refractivity contribution >= 4 is 5.96 Å². The van der Waals surface area contributed by atoms with Crippen LogP contribution in [-0.2, 0) is 0 Å². The maximum atomic E-state index is 6.12. The van der Waals surface area contributed by atoms with Gasteiger partial charge in [-0.25, -0.2) is 0 Å². The van der Waals surface area contributed by atoms with Crippen LogP contribution in [0.4, 0.5) is 0 Å². The Balaban J connectivity index is 1.63. The summed E-state index contributed by atoms with van der Waals surface area (Å²) in [6.45, 7) is 5.65. The van der Waals surface area contributed by atoms with Crippen molar-refractivity contribution in [3.05, 3.63) is 65.2 Å². The quantitative estimate of drug-likeness (QED) is 0.668. The van der Waals surface area contributed by atoms with Gasteiger partial charge < -0.3 is 15.8 Å². The number of para-hydroxylation sites is 1. The van der Waals surface area contributed by atoms with Crippen molar-refractivity contribution in [3.63, 3.8) is 0 Å².